The number of aromatic carboxylic acids is 1. The minimum Gasteiger partial charge on any atom is -0.492 e. The number of methoxy groups -OCH3 is 1. The summed E-state index contributed by atoms with van der Waals surface area (Å²) in [5, 5.41) is 9.55. The van der Waals surface area contributed by atoms with Gasteiger partial charge in [-0.1, -0.05) is 6.07 Å². The van der Waals surface area contributed by atoms with E-state index >= 15 is 4.39 Å². The number of carbonyl (C=O) groups is 1. The molecule has 2 aliphatic heterocycles. The van der Waals surface area contributed by atoms with Gasteiger partial charge in [-0.25, -0.2) is 9.18 Å². The second-order valence-corrected chi connectivity index (χ2v) is 9.40. The molecule has 1 aromatic heterocycles. The van der Waals surface area contributed by atoms with Crippen molar-refractivity contribution in [3.05, 3.63) is 57.6 Å². The highest BCUT2D eigenvalue weighted by Gasteiger charge is 2.32. The summed E-state index contributed by atoms with van der Waals surface area (Å²) in [6.07, 6.45) is 3.11. The number of fused-ring (bicyclic) bond motifs is 2. The SMILES string of the molecule is COc1c(N2CCN(Cc3ccc4c(c3)OCO4)CC2)c(F)cc2c(=O)c(C(=O)O)cn(C3CC3)c12. The number of aromatic nitrogens is 1. The van der Waals surface area contributed by atoms with Crippen LogP contribution >= 0.6 is 0 Å². The number of ether oxygens (including phenoxy) is 3. The van der Waals surface area contributed by atoms with Gasteiger partial charge in [0.25, 0.3) is 0 Å². The summed E-state index contributed by atoms with van der Waals surface area (Å²) in [6.45, 7) is 3.54. The van der Waals surface area contributed by atoms with E-state index in [1.807, 2.05) is 23.1 Å². The number of anilines is 1. The number of benzene rings is 2. The van der Waals surface area contributed by atoms with Gasteiger partial charge in [0, 0.05) is 45.0 Å². The summed E-state index contributed by atoms with van der Waals surface area (Å²) in [5.74, 6) is -0.136. The van der Waals surface area contributed by atoms with E-state index in [1.165, 1.54) is 19.4 Å². The van der Waals surface area contributed by atoms with E-state index in [1.54, 1.807) is 4.57 Å². The summed E-state index contributed by atoms with van der Waals surface area (Å²) < 4.78 is 33.9. The number of pyridine rings is 1. The Morgan fingerprint density at radius 2 is 1.89 bits per heavy atom. The van der Waals surface area contributed by atoms with E-state index in [4.69, 9.17) is 14.2 Å². The first-order valence-corrected chi connectivity index (χ1v) is 12.0. The van der Waals surface area contributed by atoms with Crippen LogP contribution in [0.3, 0.4) is 0 Å². The van der Waals surface area contributed by atoms with Crippen molar-refractivity contribution in [2.24, 2.45) is 0 Å². The van der Waals surface area contributed by atoms with Crippen molar-refractivity contribution in [3.63, 3.8) is 0 Å². The van der Waals surface area contributed by atoms with Gasteiger partial charge in [-0.3, -0.25) is 9.69 Å². The molecule has 0 spiro atoms. The molecule has 1 aliphatic carbocycles. The first-order chi connectivity index (χ1) is 17.4. The molecule has 10 heteroatoms. The fourth-order valence-corrected chi connectivity index (χ4v) is 5.15. The molecule has 0 unspecified atom stereocenters. The maximum absolute atomic E-state index is 15.5. The molecule has 36 heavy (non-hydrogen) atoms. The number of hydrogen-bond acceptors (Lipinski definition) is 7. The van der Waals surface area contributed by atoms with Crippen LogP contribution in [-0.2, 0) is 6.54 Å². The van der Waals surface area contributed by atoms with Crippen LogP contribution in [0.2, 0.25) is 0 Å². The van der Waals surface area contributed by atoms with Crippen molar-refractivity contribution in [3.8, 4) is 17.2 Å². The Labute approximate surface area is 206 Å². The van der Waals surface area contributed by atoms with E-state index < -0.39 is 17.2 Å². The normalized spacial score (nSPS) is 17.6. The standard InChI is InChI=1S/C26H26FN3O6/c1-34-25-22-17(24(31)18(26(32)33)13-30(22)16-3-4-16)11-19(27)23(25)29-8-6-28(7-9-29)12-15-2-5-20-21(10-15)36-14-35-20/h2,5,10-11,13,16H,3-4,6-9,12,14H2,1H3,(H,32,33). The number of carboxylic acids is 1. The lowest BCUT2D eigenvalue weighted by molar-refractivity contribution is 0.0694. The Kier molecular flexibility index (Phi) is 5.48. The number of piperazine rings is 1. The Morgan fingerprint density at radius 3 is 2.58 bits per heavy atom. The molecule has 0 amide bonds. The second kappa shape index (κ2) is 8.70. The van der Waals surface area contributed by atoms with Crippen molar-refractivity contribution in [2.45, 2.75) is 25.4 Å². The van der Waals surface area contributed by atoms with Crippen LogP contribution in [0.4, 0.5) is 10.1 Å². The fraction of sp³-hybridized carbons (Fsp3) is 0.385. The lowest BCUT2D eigenvalue weighted by Gasteiger charge is -2.37. The molecule has 0 atom stereocenters. The lowest BCUT2D eigenvalue weighted by atomic mass is 10.1. The highest BCUT2D eigenvalue weighted by molar-refractivity contribution is 5.97. The van der Waals surface area contributed by atoms with Crippen LogP contribution in [0.25, 0.3) is 10.9 Å². The number of hydrogen-bond donors (Lipinski definition) is 1. The largest absolute Gasteiger partial charge is 0.492 e. The van der Waals surface area contributed by atoms with Crippen LogP contribution < -0.4 is 24.5 Å². The third kappa shape index (κ3) is 3.81. The van der Waals surface area contributed by atoms with E-state index in [0.29, 0.717) is 37.4 Å². The fourth-order valence-electron chi connectivity index (χ4n) is 5.15. The third-order valence-electron chi connectivity index (χ3n) is 7.10. The molecule has 0 radical (unpaired) electrons. The molecule has 2 aromatic carbocycles. The van der Waals surface area contributed by atoms with Crippen molar-refractivity contribution >= 4 is 22.6 Å². The van der Waals surface area contributed by atoms with E-state index in [9.17, 15) is 14.7 Å². The Bertz CT molecular complexity index is 1430. The zero-order chi connectivity index (χ0) is 25.0. The second-order valence-electron chi connectivity index (χ2n) is 9.40. The number of carboxylic acid groups (broad SMARTS) is 1. The highest BCUT2D eigenvalue weighted by atomic mass is 19.1. The maximum atomic E-state index is 15.5. The predicted molar refractivity (Wildman–Crippen MR) is 130 cm³/mol. The van der Waals surface area contributed by atoms with Gasteiger partial charge in [0.05, 0.1) is 18.0 Å². The van der Waals surface area contributed by atoms with Crippen molar-refractivity contribution < 1.29 is 28.5 Å². The Balaban J connectivity index is 1.30. The molecule has 0 bridgehead atoms. The molecule has 3 heterocycles. The van der Waals surface area contributed by atoms with Crippen LogP contribution in [0.1, 0.15) is 34.8 Å². The van der Waals surface area contributed by atoms with Crippen LogP contribution in [-0.4, -0.2) is 60.6 Å². The summed E-state index contributed by atoms with van der Waals surface area (Å²) in [4.78, 5) is 28.8. The molecule has 6 rings (SSSR count). The topological polar surface area (TPSA) is 93.5 Å². The summed E-state index contributed by atoms with van der Waals surface area (Å²) in [7, 11) is 1.46. The van der Waals surface area contributed by atoms with Gasteiger partial charge in [-0.05, 0) is 36.6 Å². The maximum Gasteiger partial charge on any atom is 0.341 e. The summed E-state index contributed by atoms with van der Waals surface area (Å²) >= 11 is 0. The van der Waals surface area contributed by atoms with Crippen molar-refractivity contribution in [1.29, 1.82) is 0 Å². The molecular formula is C26H26FN3O6. The van der Waals surface area contributed by atoms with Crippen LogP contribution in [0, 0.1) is 5.82 Å². The van der Waals surface area contributed by atoms with Gasteiger partial charge >= 0.3 is 5.97 Å². The minimum absolute atomic E-state index is 0.0290. The van der Waals surface area contributed by atoms with Crippen LogP contribution in [0.5, 0.6) is 17.2 Å². The van der Waals surface area contributed by atoms with E-state index in [2.05, 4.69) is 4.90 Å². The Morgan fingerprint density at radius 1 is 1.14 bits per heavy atom. The smallest absolute Gasteiger partial charge is 0.341 e. The van der Waals surface area contributed by atoms with Gasteiger partial charge < -0.3 is 28.8 Å². The average Bonchev–Trinajstić information content (AvgIpc) is 3.61. The zero-order valence-corrected chi connectivity index (χ0v) is 19.8. The summed E-state index contributed by atoms with van der Waals surface area (Å²) in [6, 6.07) is 7.16. The van der Waals surface area contributed by atoms with E-state index in [-0.39, 0.29) is 29.5 Å². The van der Waals surface area contributed by atoms with Gasteiger partial charge in [-0.15, -0.1) is 0 Å². The third-order valence-corrected chi connectivity index (χ3v) is 7.10. The first kappa shape index (κ1) is 22.7. The van der Waals surface area contributed by atoms with E-state index in [0.717, 1.165) is 36.4 Å². The number of rotatable bonds is 6. The number of halogens is 1. The molecule has 1 N–H and O–H groups in total. The molecule has 1 saturated heterocycles. The zero-order valence-electron chi connectivity index (χ0n) is 19.8. The average molecular weight is 496 g/mol. The van der Waals surface area contributed by atoms with Gasteiger partial charge in [0.1, 0.15) is 11.3 Å². The van der Waals surface area contributed by atoms with Crippen molar-refractivity contribution in [1.82, 2.24) is 9.47 Å². The molecule has 9 nitrogen and oxygen atoms in total. The molecule has 3 aliphatic rings. The quantitative estimate of drug-likeness (QED) is 0.557. The Hall–Kier alpha value is -3.79. The van der Waals surface area contributed by atoms with Gasteiger partial charge in [0.15, 0.2) is 23.1 Å². The molecular weight excluding hydrogens is 469 g/mol. The minimum atomic E-state index is -1.32. The van der Waals surface area contributed by atoms with Crippen molar-refractivity contribution in [2.75, 3.05) is 45.0 Å². The highest BCUT2D eigenvalue weighted by Crippen LogP contribution is 2.44. The molecule has 3 aromatic rings. The molecule has 2 fully saturated rings. The van der Waals surface area contributed by atoms with Crippen LogP contribution in [0.15, 0.2) is 35.3 Å². The lowest BCUT2D eigenvalue weighted by Crippen LogP contribution is -2.46. The van der Waals surface area contributed by atoms with Gasteiger partial charge in [-0.2, -0.15) is 0 Å². The molecule has 188 valence electrons. The summed E-state index contributed by atoms with van der Waals surface area (Å²) in [5.41, 5.74) is 0.816. The first-order valence-electron chi connectivity index (χ1n) is 12.0. The predicted octanol–water partition coefficient (Wildman–Crippen LogP) is 3.23. The van der Waals surface area contributed by atoms with Gasteiger partial charge in [0.2, 0.25) is 12.2 Å². The monoisotopic (exact) mass is 495 g/mol. The molecule has 1 saturated carbocycles. The number of nitrogens with zero attached hydrogens (tertiary/aromatic N) is 3.